The van der Waals surface area contributed by atoms with Gasteiger partial charge in [0, 0.05) is 44.3 Å². The van der Waals surface area contributed by atoms with Gasteiger partial charge in [-0.2, -0.15) is 0 Å². The van der Waals surface area contributed by atoms with Gasteiger partial charge >= 0.3 is 5.69 Å². The highest BCUT2D eigenvalue weighted by molar-refractivity contribution is 6.17. The summed E-state index contributed by atoms with van der Waals surface area (Å²) in [6.45, 7) is 0.196. The maximum absolute atomic E-state index is 13.4. The third kappa shape index (κ3) is 2.71. The summed E-state index contributed by atoms with van der Waals surface area (Å²) in [4.78, 5) is 26.6. The van der Waals surface area contributed by atoms with Crippen LogP contribution in [-0.4, -0.2) is 46.1 Å². The van der Waals surface area contributed by atoms with Gasteiger partial charge in [0.1, 0.15) is 24.1 Å². The summed E-state index contributed by atoms with van der Waals surface area (Å²) in [5, 5.41) is 0.721. The molecule has 1 aromatic carbocycles. The van der Waals surface area contributed by atoms with E-state index in [-0.39, 0.29) is 12.3 Å². The first-order valence-corrected chi connectivity index (χ1v) is 10.1. The van der Waals surface area contributed by atoms with Crippen molar-refractivity contribution in [3.8, 4) is 11.5 Å². The number of nitrogens with zero attached hydrogens (tertiary/aromatic N) is 5. The standard InChI is InChI=1S/C23H22N6O3/c1-25-10-13(9-24)19-18(31-3)8-15-20-21-16(11-27-15)28(2)23(30)29(21)17(12-32-22(19)20)14-6-4-5-7-26-14/h4-11,17H,12,24H2,1-3H3. The molecular weight excluding hydrogens is 408 g/mol. The Bertz CT molecular complexity index is 1470. The fourth-order valence-electron chi connectivity index (χ4n) is 4.35. The van der Waals surface area contributed by atoms with Crippen molar-refractivity contribution in [3.05, 3.63) is 64.6 Å². The lowest BCUT2D eigenvalue weighted by molar-refractivity contribution is 0.273. The molecule has 0 bridgehead atoms. The van der Waals surface area contributed by atoms with Crippen molar-refractivity contribution < 1.29 is 9.47 Å². The van der Waals surface area contributed by atoms with Crippen LogP contribution in [-0.2, 0) is 7.05 Å². The van der Waals surface area contributed by atoms with E-state index in [1.165, 1.54) is 6.20 Å². The number of imidazole rings is 1. The minimum absolute atomic E-state index is 0.163. The Labute approximate surface area is 183 Å². The van der Waals surface area contributed by atoms with Crippen LogP contribution in [0, 0.1) is 0 Å². The summed E-state index contributed by atoms with van der Waals surface area (Å²) in [5.41, 5.74) is 9.90. The zero-order chi connectivity index (χ0) is 22.4. The number of pyridine rings is 2. The number of nitrogens with two attached hydrogens (primary N) is 1. The highest BCUT2D eigenvalue weighted by Crippen LogP contribution is 2.45. The lowest BCUT2D eigenvalue weighted by Gasteiger charge is -2.18. The number of hydrogen-bond donors (Lipinski definition) is 1. The van der Waals surface area contributed by atoms with Crippen LogP contribution >= 0.6 is 0 Å². The molecule has 0 saturated heterocycles. The van der Waals surface area contributed by atoms with Gasteiger partial charge in [0.2, 0.25) is 0 Å². The fourth-order valence-corrected chi connectivity index (χ4v) is 4.35. The quantitative estimate of drug-likeness (QED) is 0.498. The molecule has 32 heavy (non-hydrogen) atoms. The summed E-state index contributed by atoms with van der Waals surface area (Å²) in [5.74, 6) is 1.10. The van der Waals surface area contributed by atoms with Crippen LogP contribution in [0.4, 0.5) is 0 Å². The Morgan fingerprint density at radius 3 is 2.91 bits per heavy atom. The monoisotopic (exact) mass is 430 g/mol. The molecule has 4 aromatic rings. The van der Waals surface area contributed by atoms with Crippen molar-refractivity contribution in [2.24, 2.45) is 17.8 Å². The Balaban J connectivity index is 1.96. The topological polar surface area (TPSA) is 110 Å². The number of rotatable bonds is 4. The van der Waals surface area contributed by atoms with E-state index < -0.39 is 6.04 Å². The predicted molar refractivity (Wildman–Crippen MR) is 123 cm³/mol. The minimum Gasteiger partial charge on any atom is -0.496 e. The Kier molecular flexibility index (Phi) is 4.66. The van der Waals surface area contributed by atoms with Gasteiger partial charge in [0.05, 0.1) is 46.5 Å². The van der Waals surface area contributed by atoms with Gasteiger partial charge in [0.15, 0.2) is 0 Å². The van der Waals surface area contributed by atoms with Gasteiger partial charge in [0.25, 0.3) is 0 Å². The third-order valence-electron chi connectivity index (χ3n) is 5.81. The lowest BCUT2D eigenvalue weighted by Crippen LogP contribution is -2.30. The van der Waals surface area contributed by atoms with Gasteiger partial charge in [-0.05, 0) is 12.1 Å². The molecule has 0 amide bonds. The number of allylic oxidation sites excluding steroid dienone is 1. The molecule has 1 aliphatic rings. The molecule has 3 aromatic heterocycles. The van der Waals surface area contributed by atoms with Crippen molar-refractivity contribution >= 4 is 33.7 Å². The summed E-state index contributed by atoms with van der Waals surface area (Å²) in [6, 6.07) is 7.04. The second-order valence-corrected chi connectivity index (χ2v) is 7.47. The zero-order valence-electron chi connectivity index (χ0n) is 17.9. The molecule has 9 nitrogen and oxygen atoms in total. The van der Waals surface area contributed by atoms with E-state index >= 15 is 0 Å². The van der Waals surface area contributed by atoms with E-state index in [2.05, 4.69) is 15.0 Å². The lowest BCUT2D eigenvalue weighted by atomic mass is 10.0. The molecule has 1 atom stereocenters. The molecule has 0 fully saturated rings. The van der Waals surface area contributed by atoms with Crippen LogP contribution in [0.25, 0.3) is 27.5 Å². The first-order chi connectivity index (χ1) is 15.6. The first kappa shape index (κ1) is 19.8. The highest BCUT2D eigenvalue weighted by atomic mass is 16.5. The second-order valence-electron chi connectivity index (χ2n) is 7.47. The van der Waals surface area contributed by atoms with Crippen LogP contribution < -0.4 is 20.9 Å². The molecule has 1 aliphatic heterocycles. The zero-order valence-corrected chi connectivity index (χ0v) is 17.9. The molecule has 4 heterocycles. The number of ether oxygens (including phenoxy) is 2. The van der Waals surface area contributed by atoms with Crippen molar-refractivity contribution in [2.75, 3.05) is 20.8 Å². The van der Waals surface area contributed by atoms with Gasteiger partial charge in [-0.1, -0.05) is 6.07 Å². The number of aliphatic imine (C=N–C) groups is 1. The van der Waals surface area contributed by atoms with E-state index in [0.29, 0.717) is 33.7 Å². The molecule has 5 rings (SSSR count). The predicted octanol–water partition coefficient (Wildman–Crippen LogP) is 2.27. The number of aromatic nitrogens is 4. The number of benzene rings is 1. The molecule has 9 heteroatoms. The Hall–Kier alpha value is -4.14. The van der Waals surface area contributed by atoms with Gasteiger partial charge in [-0.15, -0.1) is 0 Å². The average Bonchev–Trinajstić information content (AvgIpc) is 2.97. The SMILES string of the molecule is CN=CC(=CN)c1c(OC)cc2ncc3c4c2c1OCC(c1ccccn1)n4c(=O)n3C. The normalized spacial score (nSPS) is 16.1. The number of hydrogen-bond acceptors (Lipinski definition) is 7. The fraction of sp³-hybridized carbons (Fsp3) is 0.217. The summed E-state index contributed by atoms with van der Waals surface area (Å²) < 4.78 is 15.4. The van der Waals surface area contributed by atoms with Crippen molar-refractivity contribution in [1.82, 2.24) is 19.1 Å². The third-order valence-corrected chi connectivity index (χ3v) is 5.81. The van der Waals surface area contributed by atoms with Gasteiger partial charge in [-0.25, -0.2) is 4.79 Å². The molecule has 0 saturated carbocycles. The Morgan fingerprint density at radius 1 is 1.38 bits per heavy atom. The van der Waals surface area contributed by atoms with Crippen molar-refractivity contribution in [2.45, 2.75) is 6.04 Å². The van der Waals surface area contributed by atoms with Gasteiger partial charge in [-0.3, -0.25) is 24.1 Å². The average molecular weight is 430 g/mol. The van der Waals surface area contributed by atoms with E-state index in [9.17, 15) is 4.79 Å². The van der Waals surface area contributed by atoms with Crippen LogP contribution in [0.2, 0.25) is 0 Å². The molecule has 1 unspecified atom stereocenters. The maximum atomic E-state index is 13.4. The molecule has 2 N–H and O–H groups in total. The van der Waals surface area contributed by atoms with E-state index in [1.807, 2.05) is 24.3 Å². The van der Waals surface area contributed by atoms with E-state index in [4.69, 9.17) is 15.2 Å². The smallest absolute Gasteiger partial charge is 0.329 e. The van der Waals surface area contributed by atoms with Crippen LogP contribution in [0.15, 0.2) is 52.6 Å². The summed E-state index contributed by atoms with van der Waals surface area (Å²) >= 11 is 0. The summed E-state index contributed by atoms with van der Waals surface area (Å²) in [6.07, 6.45) is 6.52. The van der Waals surface area contributed by atoms with E-state index in [0.717, 1.165) is 16.6 Å². The molecule has 0 aliphatic carbocycles. The largest absolute Gasteiger partial charge is 0.496 e. The van der Waals surface area contributed by atoms with Crippen LogP contribution in [0.1, 0.15) is 17.3 Å². The van der Waals surface area contributed by atoms with Crippen molar-refractivity contribution in [1.29, 1.82) is 0 Å². The molecular formula is C23H22N6O3. The maximum Gasteiger partial charge on any atom is 0.329 e. The van der Waals surface area contributed by atoms with Gasteiger partial charge < -0.3 is 15.2 Å². The minimum atomic E-state index is -0.422. The van der Waals surface area contributed by atoms with E-state index in [1.54, 1.807) is 48.9 Å². The Morgan fingerprint density at radius 2 is 2.22 bits per heavy atom. The number of aryl methyl sites for hydroxylation is 1. The molecule has 0 radical (unpaired) electrons. The first-order valence-electron chi connectivity index (χ1n) is 10.1. The number of methoxy groups -OCH3 is 1. The van der Waals surface area contributed by atoms with Crippen LogP contribution in [0.5, 0.6) is 11.5 Å². The summed E-state index contributed by atoms with van der Waals surface area (Å²) in [7, 11) is 4.99. The van der Waals surface area contributed by atoms with Crippen molar-refractivity contribution in [3.63, 3.8) is 0 Å². The molecule has 162 valence electrons. The van der Waals surface area contributed by atoms with Crippen LogP contribution in [0.3, 0.4) is 0 Å². The highest BCUT2D eigenvalue weighted by Gasteiger charge is 2.31. The second kappa shape index (κ2) is 7.52. The molecule has 0 spiro atoms.